The van der Waals surface area contributed by atoms with Gasteiger partial charge in [0.15, 0.2) is 0 Å². The highest BCUT2D eigenvalue weighted by Gasteiger charge is 2.57. The van der Waals surface area contributed by atoms with Gasteiger partial charge in [-0.1, -0.05) is 24.2 Å². The van der Waals surface area contributed by atoms with E-state index in [0.29, 0.717) is 42.3 Å². The zero-order valence-electron chi connectivity index (χ0n) is 19.4. The van der Waals surface area contributed by atoms with Gasteiger partial charge < -0.3 is 10.5 Å². The molecule has 0 aliphatic heterocycles. The lowest BCUT2D eigenvalue weighted by Crippen LogP contribution is -2.44. The third kappa shape index (κ3) is 3.99. The summed E-state index contributed by atoms with van der Waals surface area (Å²) in [5.41, 5.74) is 2.78. The Labute approximate surface area is 198 Å². The Morgan fingerprint density at radius 1 is 1.26 bits per heavy atom. The van der Waals surface area contributed by atoms with Gasteiger partial charge >= 0.3 is 0 Å². The van der Waals surface area contributed by atoms with Gasteiger partial charge in [-0.2, -0.15) is 0 Å². The summed E-state index contributed by atoms with van der Waals surface area (Å²) in [7, 11) is 0. The van der Waals surface area contributed by atoms with E-state index in [1.165, 1.54) is 12.1 Å². The molecule has 34 heavy (non-hydrogen) atoms. The van der Waals surface area contributed by atoms with Crippen LogP contribution in [-0.4, -0.2) is 21.8 Å². The summed E-state index contributed by atoms with van der Waals surface area (Å²) in [6.45, 7) is 2.23. The standard InChI is InChI=1S/C27H31F2N3O2/c1-27-13-12-19-18-5-3-6-22(29)20(18)9-10-21(19)26(27)16(14-23(27)32-34)4-2-7-25(33)31-24-11-8-17(28)15-30-24/h3,5-6,8,11,15-16,19,21,26,34H,2,4,7,9-10,12-14H2,1H3,(H,30,31,33)/b32-23+/t16-,19?,21?,26?,27-/m1/s1. The topological polar surface area (TPSA) is 74.6 Å². The number of amides is 1. The van der Waals surface area contributed by atoms with Crippen LogP contribution in [0.2, 0.25) is 0 Å². The summed E-state index contributed by atoms with van der Waals surface area (Å²) in [6.07, 6.45) is 7.37. The van der Waals surface area contributed by atoms with Gasteiger partial charge in [0.1, 0.15) is 17.5 Å². The number of oxime groups is 1. The van der Waals surface area contributed by atoms with Gasteiger partial charge in [-0.05, 0) is 97.9 Å². The van der Waals surface area contributed by atoms with Crippen LogP contribution in [0.25, 0.3) is 0 Å². The molecule has 5 nitrogen and oxygen atoms in total. The number of anilines is 1. The molecular formula is C27H31F2N3O2. The molecule has 2 N–H and O–H groups in total. The quantitative estimate of drug-likeness (QED) is 0.413. The molecule has 1 aromatic heterocycles. The van der Waals surface area contributed by atoms with E-state index in [-0.39, 0.29) is 17.1 Å². The highest BCUT2D eigenvalue weighted by molar-refractivity contribution is 5.92. The lowest BCUT2D eigenvalue weighted by molar-refractivity contribution is -0.116. The summed E-state index contributed by atoms with van der Waals surface area (Å²) >= 11 is 0. The van der Waals surface area contributed by atoms with E-state index in [4.69, 9.17) is 0 Å². The zero-order chi connectivity index (χ0) is 23.9. The molecule has 180 valence electrons. The number of carbonyl (C=O) groups excluding carboxylic acids is 1. The van der Waals surface area contributed by atoms with Crippen molar-refractivity contribution in [3.05, 3.63) is 59.3 Å². The average Bonchev–Trinajstić information content (AvgIpc) is 3.12. The van der Waals surface area contributed by atoms with Gasteiger partial charge in [-0.25, -0.2) is 13.8 Å². The molecule has 7 heteroatoms. The van der Waals surface area contributed by atoms with Crippen LogP contribution in [0.4, 0.5) is 14.6 Å². The van der Waals surface area contributed by atoms with Crippen molar-refractivity contribution >= 4 is 17.4 Å². The summed E-state index contributed by atoms with van der Waals surface area (Å²) in [5, 5.41) is 16.3. The minimum absolute atomic E-state index is 0.0912. The number of hydrogen-bond acceptors (Lipinski definition) is 4. The monoisotopic (exact) mass is 467 g/mol. The molecule has 3 unspecified atom stereocenters. The molecule has 0 saturated heterocycles. The van der Waals surface area contributed by atoms with Crippen LogP contribution >= 0.6 is 0 Å². The third-order valence-corrected chi connectivity index (χ3v) is 8.69. The van der Waals surface area contributed by atoms with Crippen molar-refractivity contribution in [2.24, 2.45) is 28.3 Å². The maximum atomic E-state index is 14.5. The maximum absolute atomic E-state index is 14.5. The number of carbonyl (C=O) groups is 1. The van der Waals surface area contributed by atoms with E-state index in [2.05, 4.69) is 28.4 Å². The second kappa shape index (κ2) is 9.08. The molecule has 2 fully saturated rings. The molecule has 2 saturated carbocycles. The van der Waals surface area contributed by atoms with E-state index < -0.39 is 5.82 Å². The second-order valence-corrected chi connectivity index (χ2v) is 10.4. The molecule has 3 aliphatic rings. The summed E-state index contributed by atoms with van der Waals surface area (Å²) in [5.74, 6) is 1.12. The van der Waals surface area contributed by atoms with Crippen LogP contribution in [0.3, 0.4) is 0 Å². The molecular weight excluding hydrogens is 436 g/mol. The smallest absolute Gasteiger partial charge is 0.225 e. The SMILES string of the molecule is C[C@]12CCC3c4cccc(F)c4CCC3C1[C@H](CCCC(=O)Nc1ccc(F)cn1)C/C2=N\O. The largest absolute Gasteiger partial charge is 0.411 e. The number of pyridine rings is 1. The van der Waals surface area contributed by atoms with Gasteiger partial charge in [-0.15, -0.1) is 0 Å². The van der Waals surface area contributed by atoms with Crippen LogP contribution < -0.4 is 5.32 Å². The Bertz CT molecular complexity index is 1100. The van der Waals surface area contributed by atoms with E-state index in [1.54, 1.807) is 6.07 Å². The van der Waals surface area contributed by atoms with Crippen LogP contribution in [0.5, 0.6) is 0 Å². The molecule has 0 bridgehead atoms. The normalized spacial score (nSPS) is 31.0. The predicted molar refractivity (Wildman–Crippen MR) is 126 cm³/mol. The van der Waals surface area contributed by atoms with E-state index >= 15 is 0 Å². The van der Waals surface area contributed by atoms with E-state index in [0.717, 1.165) is 61.6 Å². The Morgan fingerprint density at radius 3 is 2.88 bits per heavy atom. The van der Waals surface area contributed by atoms with Crippen molar-refractivity contribution in [3.8, 4) is 0 Å². The predicted octanol–water partition coefficient (Wildman–Crippen LogP) is 6.08. The lowest BCUT2D eigenvalue weighted by Gasteiger charge is -2.50. The number of halogens is 2. The van der Waals surface area contributed by atoms with Gasteiger partial charge in [-0.3, -0.25) is 4.79 Å². The molecule has 0 radical (unpaired) electrons. The summed E-state index contributed by atoms with van der Waals surface area (Å²) < 4.78 is 27.5. The van der Waals surface area contributed by atoms with Crippen LogP contribution in [0, 0.1) is 34.8 Å². The number of hydrogen-bond donors (Lipinski definition) is 2. The first kappa shape index (κ1) is 22.9. The van der Waals surface area contributed by atoms with Crippen LogP contribution in [0.1, 0.15) is 68.9 Å². The highest BCUT2D eigenvalue weighted by Crippen LogP contribution is 2.62. The molecule has 5 rings (SSSR count). The van der Waals surface area contributed by atoms with Crippen molar-refractivity contribution in [1.29, 1.82) is 0 Å². The lowest BCUT2D eigenvalue weighted by atomic mass is 9.54. The molecule has 1 heterocycles. The summed E-state index contributed by atoms with van der Waals surface area (Å²) in [6, 6.07) is 8.20. The number of fused-ring (bicyclic) bond motifs is 5. The van der Waals surface area contributed by atoms with Crippen molar-refractivity contribution in [1.82, 2.24) is 4.98 Å². The van der Waals surface area contributed by atoms with Crippen molar-refractivity contribution in [3.63, 3.8) is 0 Å². The molecule has 0 spiro atoms. The fraction of sp³-hybridized carbons (Fsp3) is 0.519. The molecule has 1 aromatic carbocycles. The Morgan fingerprint density at radius 2 is 2.12 bits per heavy atom. The number of nitrogens with one attached hydrogen (secondary N) is 1. The number of aromatic nitrogens is 1. The van der Waals surface area contributed by atoms with E-state index in [9.17, 15) is 18.8 Å². The molecule has 2 aromatic rings. The fourth-order valence-electron chi connectivity index (χ4n) is 7.25. The van der Waals surface area contributed by atoms with E-state index in [1.807, 2.05) is 6.07 Å². The van der Waals surface area contributed by atoms with Gasteiger partial charge in [0, 0.05) is 11.8 Å². The molecule has 3 aliphatic carbocycles. The minimum atomic E-state index is -0.442. The number of nitrogens with zero attached hydrogens (tertiary/aromatic N) is 2. The Kier molecular flexibility index (Phi) is 6.13. The van der Waals surface area contributed by atoms with Crippen LogP contribution in [-0.2, 0) is 11.2 Å². The average molecular weight is 468 g/mol. The van der Waals surface area contributed by atoms with Crippen molar-refractivity contribution < 1.29 is 18.8 Å². The fourth-order valence-corrected chi connectivity index (χ4v) is 7.25. The highest BCUT2D eigenvalue weighted by atomic mass is 19.1. The van der Waals surface area contributed by atoms with Gasteiger partial charge in [0.2, 0.25) is 5.91 Å². The maximum Gasteiger partial charge on any atom is 0.225 e. The molecule has 1 amide bonds. The van der Waals surface area contributed by atoms with Crippen molar-refractivity contribution in [2.75, 3.05) is 5.32 Å². The minimum Gasteiger partial charge on any atom is -0.411 e. The van der Waals surface area contributed by atoms with Crippen molar-refractivity contribution in [2.45, 2.75) is 64.2 Å². The Balaban J connectivity index is 1.29. The first-order chi connectivity index (χ1) is 16.4. The summed E-state index contributed by atoms with van der Waals surface area (Å²) in [4.78, 5) is 16.3. The third-order valence-electron chi connectivity index (χ3n) is 8.69. The Hall–Kier alpha value is -2.83. The van der Waals surface area contributed by atoms with Gasteiger partial charge in [0.05, 0.1) is 11.9 Å². The number of rotatable bonds is 5. The molecule has 5 atom stereocenters. The van der Waals surface area contributed by atoms with Gasteiger partial charge in [0.25, 0.3) is 0 Å². The first-order valence-corrected chi connectivity index (χ1v) is 12.3. The zero-order valence-corrected chi connectivity index (χ0v) is 19.4. The number of benzene rings is 1. The van der Waals surface area contributed by atoms with Crippen LogP contribution in [0.15, 0.2) is 41.7 Å². The second-order valence-electron chi connectivity index (χ2n) is 10.4. The first-order valence-electron chi connectivity index (χ1n) is 12.3.